The van der Waals surface area contributed by atoms with Crippen molar-refractivity contribution in [3.05, 3.63) is 331 Å². The Kier molecular flexibility index (Phi) is 13.7. The minimum absolute atomic E-state index is 1.09. The van der Waals surface area contributed by atoms with Crippen molar-refractivity contribution in [1.82, 2.24) is 0 Å². The van der Waals surface area contributed by atoms with E-state index in [2.05, 4.69) is 314 Å². The molecule has 0 N–H and O–H groups in total. The minimum Gasteiger partial charge on any atom is -0.310 e. The van der Waals surface area contributed by atoms with Crippen molar-refractivity contribution in [2.24, 2.45) is 0 Å². The number of rotatable bonds is 14. The summed E-state index contributed by atoms with van der Waals surface area (Å²) in [6, 6.07) is 97.1. The fourth-order valence-corrected chi connectivity index (χ4v) is 8.84. The largest absolute Gasteiger partial charge is 0.310 e. The number of benzene rings is 10. The van der Waals surface area contributed by atoms with Crippen molar-refractivity contribution in [3.63, 3.8) is 0 Å². The molecule has 0 spiro atoms. The molecule has 0 atom stereocenters. The lowest BCUT2D eigenvalue weighted by molar-refractivity contribution is 1.28. The van der Waals surface area contributed by atoms with Crippen LogP contribution in [-0.4, -0.2) is 0 Å². The molecule has 0 saturated carbocycles. The molecule has 0 fully saturated rings. The normalized spacial score (nSPS) is 11.1. The number of hydrogen-bond donors (Lipinski definition) is 0. The highest BCUT2D eigenvalue weighted by atomic mass is 15.1. The van der Waals surface area contributed by atoms with Crippen LogP contribution >= 0.6 is 0 Å². The predicted molar refractivity (Wildman–Crippen MR) is 295 cm³/mol. The van der Waals surface area contributed by atoms with E-state index in [1.54, 1.807) is 0 Å². The van der Waals surface area contributed by atoms with Crippen molar-refractivity contribution >= 4 is 40.4 Å². The number of allylic oxidation sites excluding steroid dienone is 4. The molecule has 0 aromatic heterocycles. The van der Waals surface area contributed by atoms with E-state index in [9.17, 15) is 0 Å². The average Bonchev–Trinajstić information content (AvgIpc) is 3.43. The minimum atomic E-state index is 1.09. The van der Waals surface area contributed by atoms with Crippen LogP contribution in [0.15, 0.2) is 297 Å². The molecule has 0 saturated heterocycles. The predicted octanol–water partition coefficient (Wildman–Crippen LogP) is 18.4. The van der Waals surface area contributed by atoms with Gasteiger partial charge in [0.15, 0.2) is 0 Å². The lowest BCUT2D eigenvalue weighted by atomic mass is 9.97. The Morgan fingerprint density at radius 1 is 0.261 bits per heavy atom. The molecule has 0 unspecified atom stereocenters. The second kappa shape index (κ2) is 21.5. The van der Waals surface area contributed by atoms with Crippen LogP contribution in [0.1, 0.15) is 33.4 Å². The summed E-state index contributed by atoms with van der Waals surface area (Å²) in [5.74, 6) is 0. The number of hydrogen-bond acceptors (Lipinski definition) is 1. The lowest BCUT2D eigenvalue weighted by Gasteiger charge is -2.28. The first kappa shape index (κ1) is 43.8. The maximum Gasteiger partial charge on any atom is 0.0540 e. The zero-order chi connectivity index (χ0) is 46.5. The van der Waals surface area contributed by atoms with Crippen molar-refractivity contribution in [2.75, 3.05) is 4.90 Å². The van der Waals surface area contributed by atoms with Crippen LogP contribution in [0.5, 0.6) is 0 Å². The van der Waals surface area contributed by atoms with Crippen LogP contribution in [0.25, 0.3) is 56.7 Å². The van der Waals surface area contributed by atoms with E-state index in [-0.39, 0.29) is 0 Å². The first-order valence-corrected chi connectivity index (χ1v) is 23.6. The van der Waals surface area contributed by atoms with Crippen LogP contribution in [0, 0.1) is 0 Å². The summed E-state index contributed by atoms with van der Waals surface area (Å²) in [5, 5.41) is 0. The second-order valence-corrected chi connectivity index (χ2v) is 16.9. The van der Waals surface area contributed by atoms with E-state index in [0.29, 0.717) is 0 Å². The molecule has 1 nitrogen and oxygen atoms in total. The molecule has 10 aromatic rings. The third-order valence-corrected chi connectivity index (χ3v) is 12.4. The zero-order valence-electron chi connectivity index (χ0n) is 38.4. The molecule has 328 valence electrons. The standard InChI is InChI=1S/C68H51N/c1-6-22-58(23-7-1)65(59-24-8-2-9-25-59)33-18-20-52-36-40-54(41-37-52)56-44-46-62(47-45-56)67-32-16-17-35-68(67)69(63-30-14-5-15-31-63)64-50-48-57(49-51-64)55-42-38-53(39-43-55)21-19-34-66(60-26-10-3-11-27-60)61-28-12-4-13-29-61/h1-51H. The highest BCUT2D eigenvalue weighted by molar-refractivity contribution is 5.89. The second-order valence-electron chi connectivity index (χ2n) is 16.9. The summed E-state index contributed by atoms with van der Waals surface area (Å²) < 4.78 is 0. The molecular weight excluding hydrogens is 831 g/mol. The van der Waals surface area contributed by atoms with E-state index in [0.717, 1.165) is 39.3 Å². The highest BCUT2D eigenvalue weighted by Gasteiger charge is 2.17. The maximum absolute atomic E-state index is 2.36. The van der Waals surface area contributed by atoms with E-state index in [1.807, 2.05) is 0 Å². The van der Waals surface area contributed by atoms with Crippen molar-refractivity contribution in [2.45, 2.75) is 0 Å². The van der Waals surface area contributed by atoms with Crippen molar-refractivity contribution in [1.29, 1.82) is 0 Å². The molecule has 0 aliphatic carbocycles. The highest BCUT2D eigenvalue weighted by Crippen LogP contribution is 2.41. The molecule has 0 amide bonds. The zero-order valence-corrected chi connectivity index (χ0v) is 38.4. The molecule has 0 bridgehead atoms. The first-order chi connectivity index (χ1) is 34.2. The van der Waals surface area contributed by atoms with Gasteiger partial charge in [-0.1, -0.05) is 279 Å². The van der Waals surface area contributed by atoms with Crippen molar-refractivity contribution in [3.8, 4) is 33.4 Å². The summed E-state index contributed by atoms with van der Waals surface area (Å²) >= 11 is 0. The van der Waals surface area contributed by atoms with Crippen LogP contribution in [0.3, 0.4) is 0 Å². The van der Waals surface area contributed by atoms with Gasteiger partial charge in [-0.25, -0.2) is 0 Å². The summed E-state index contributed by atoms with van der Waals surface area (Å²) in [6.45, 7) is 0. The molecule has 0 heterocycles. The number of anilines is 3. The molecule has 10 aromatic carbocycles. The Balaban J connectivity index is 0.861. The fourth-order valence-electron chi connectivity index (χ4n) is 8.84. The Morgan fingerprint density at radius 2 is 0.565 bits per heavy atom. The number of para-hydroxylation sites is 2. The molecular formula is C68H51N. The SMILES string of the molecule is C(=Cc1ccc(-c2ccc(-c3ccccc3N(c3ccccc3)c3ccc(-c4ccc(C=CC=C(c5ccccc5)c5ccccc5)cc4)cc3)cc2)cc1)C=C(c1ccccc1)c1ccccc1. The van der Waals surface area contributed by atoms with E-state index in [4.69, 9.17) is 0 Å². The van der Waals surface area contributed by atoms with Crippen LogP contribution in [0.2, 0.25) is 0 Å². The average molecular weight is 882 g/mol. The van der Waals surface area contributed by atoms with Gasteiger partial charge in [0.2, 0.25) is 0 Å². The summed E-state index contributed by atoms with van der Waals surface area (Å²) in [5.41, 5.74) is 19.8. The molecule has 10 rings (SSSR count). The smallest absolute Gasteiger partial charge is 0.0540 e. The van der Waals surface area contributed by atoms with Gasteiger partial charge in [-0.3, -0.25) is 0 Å². The summed E-state index contributed by atoms with van der Waals surface area (Å²) in [7, 11) is 0. The molecule has 0 radical (unpaired) electrons. The van der Waals surface area contributed by atoms with Gasteiger partial charge in [-0.05, 0) is 103 Å². The quantitative estimate of drug-likeness (QED) is 0.0984. The monoisotopic (exact) mass is 881 g/mol. The van der Waals surface area contributed by atoms with Gasteiger partial charge in [-0.2, -0.15) is 0 Å². The van der Waals surface area contributed by atoms with Gasteiger partial charge < -0.3 is 4.90 Å². The molecule has 1 heteroatoms. The van der Waals surface area contributed by atoms with E-state index >= 15 is 0 Å². The lowest BCUT2D eigenvalue weighted by Crippen LogP contribution is -2.11. The molecule has 69 heavy (non-hydrogen) atoms. The van der Waals surface area contributed by atoms with Crippen molar-refractivity contribution < 1.29 is 0 Å². The fraction of sp³-hybridized carbons (Fsp3) is 0. The summed E-state index contributed by atoms with van der Waals surface area (Å²) in [4.78, 5) is 2.36. The Labute approximate surface area is 407 Å². The first-order valence-electron chi connectivity index (χ1n) is 23.6. The van der Waals surface area contributed by atoms with Crippen LogP contribution < -0.4 is 4.90 Å². The van der Waals surface area contributed by atoms with Gasteiger partial charge in [0.1, 0.15) is 0 Å². The Morgan fingerprint density at radius 3 is 0.971 bits per heavy atom. The molecule has 0 aliphatic rings. The van der Waals surface area contributed by atoms with Gasteiger partial charge in [0, 0.05) is 16.9 Å². The van der Waals surface area contributed by atoms with E-state index < -0.39 is 0 Å². The van der Waals surface area contributed by atoms with Gasteiger partial charge in [0.25, 0.3) is 0 Å². The topological polar surface area (TPSA) is 3.24 Å². The Hall–Kier alpha value is -9.04. The summed E-state index contributed by atoms with van der Waals surface area (Å²) in [6.07, 6.45) is 13.0. The van der Waals surface area contributed by atoms with Gasteiger partial charge in [0.05, 0.1) is 5.69 Å². The maximum atomic E-state index is 2.36. The van der Waals surface area contributed by atoms with Crippen LogP contribution in [0.4, 0.5) is 17.1 Å². The third-order valence-electron chi connectivity index (χ3n) is 12.4. The van der Waals surface area contributed by atoms with Gasteiger partial charge >= 0.3 is 0 Å². The van der Waals surface area contributed by atoms with Crippen LogP contribution in [-0.2, 0) is 0 Å². The third kappa shape index (κ3) is 10.7. The Bertz CT molecular complexity index is 3250. The van der Waals surface area contributed by atoms with Gasteiger partial charge in [-0.15, -0.1) is 0 Å². The molecule has 0 aliphatic heterocycles. The van der Waals surface area contributed by atoms with E-state index in [1.165, 1.54) is 55.7 Å². The number of nitrogens with zero attached hydrogens (tertiary/aromatic N) is 1.